The van der Waals surface area contributed by atoms with Gasteiger partial charge in [-0.3, -0.25) is 4.99 Å². The first kappa shape index (κ1) is 17.9. The van der Waals surface area contributed by atoms with E-state index in [9.17, 15) is 0 Å². The van der Waals surface area contributed by atoms with Gasteiger partial charge in [-0.25, -0.2) is 4.98 Å². The molecule has 4 nitrogen and oxygen atoms in total. The maximum Gasteiger partial charge on any atom is 0.193 e. The summed E-state index contributed by atoms with van der Waals surface area (Å²) in [5, 5.41) is 6.35. The second-order valence-corrected chi connectivity index (χ2v) is 5.54. The summed E-state index contributed by atoms with van der Waals surface area (Å²) in [6, 6.07) is 8.06. The summed E-state index contributed by atoms with van der Waals surface area (Å²) in [6.07, 6.45) is 1.82. The number of nitrogens with two attached hydrogens (primary N) is 1. The Bertz CT molecular complexity index is 578. The molecule has 0 aliphatic heterocycles. The van der Waals surface area contributed by atoms with Gasteiger partial charge in [-0.2, -0.15) is 0 Å². The molecule has 0 bridgehead atoms. The molecule has 1 aromatic heterocycles. The number of thiazole rings is 1. The predicted octanol–water partition coefficient (Wildman–Crippen LogP) is 3.60. The number of halogens is 1. The van der Waals surface area contributed by atoms with Crippen molar-refractivity contribution in [1.29, 1.82) is 0 Å². The first-order valence-electron chi connectivity index (χ1n) is 6.74. The number of hydrogen-bond acceptors (Lipinski definition) is 3. The molecule has 0 amide bonds. The highest BCUT2D eigenvalue weighted by molar-refractivity contribution is 14.0. The zero-order valence-corrected chi connectivity index (χ0v) is 15.4. The highest BCUT2D eigenvalue weighted by Gasteiger charge is 2.00. The Hall–Kier alpha value is -1.15. The average molecular weight is 416 g/mol. The average Bonchev–Trinajstić information content (AvgIpc) is 2.89. The number of aryl methyl sites for hydroxylation is 2. The van der Waals surface area contributed by atoms with Gasteiger partial charge < -0.3 is 11.1 Å². The van der Waals surface area contributed by atoms with Gasteiger partial charge in [0.05, 0.1) is 10.7 Å². The molecule has 0 radical (unpaired) electrons. The van der Waals surface area contributed by atoms with Gasteiger partial charge >= 0.3 is 0 Å². The van der Waals surface area contributed by atoms with Gasteiger partial charge in [-0.15, -0.1) is 35.3 Å². The number of hydrogen-bond donors (Lipinski definition) is 2. The van der Waals surface area contributed by atoms with Crippen LogP contribution in [0, 0.1) is 6.92 Å². The van der Waals surface area contributed by atoms with E-state index in [-0.39, 0.29) is 24.0 Å². The number of guanidine groups is 1. The molecule has 1 aromatic carbocycles. The molecule has 0 saturated carbocycles. The van der Waals surface area contributed by atoms with Crippen molar-refractivity contribution in [3.63, 3.8) is 0 Å². The van der Waals surface area contributed by atoms with Crippen LogP contribution in [0.25, 0.3) is 0 Å². The van der Waals surface area contributed by atoms with E-state index in [1.165, 1.54) is 10.6 Å². The summed E-state index contributed by atoms with van der Waals surface area (Å²) in [5.74, 6) is 0.444. The lowest BCUT2D eigenvalue weighted by atomic mass is 10.2. The van der Waals surface area contributed by atoms with Gasteiger partial charge in [0.2, 0.25) is 0 Å². The summed E-state index contributed by atoms with van der Waals surface area (Å²) in [7, 11) is 0. The summed E-state index contributed by atoms with van der Waals surface area (Å²) in [4.78, 5) is 8.83. The van der Waals surface area contributed by atoms with Gasteiger partial charge in [0.15, 0.2) is 5.96 Å². The van der Waals surface area contributed by atoms with Crippen molar-refractivity contribution in [2.45, 2.75) is 26.7 Å². The van der Waals surface area contributed by atoms with Crippen LogP contribution < -0.4 is 11.1 Å². The van der Waals surface area contributed by atoms with E-state index in [2.05, 4.69) is 34.5 Å². The summed E-state index contributed by atoms with van der Waals surface area (Å²) >= 11 is 1.71. The van der Waals surface area contributed by atoms with Crippen LogP contribution in [0.4, 0.5) is 5.69 Å². The highest BCUT2D eigenvalue weighted by Crippen LogP contribution is 2.11. The Morgan fingerprint density at radius 3 is 2.67 bits per heavy atom. The standard InChI is InChI=1S/C15H20N4S.HI/c1-3-14-18-13(10-20-14)8-9-17-15(16)19-12-6-4-11(2)5-7-12;/h4-7,10H,3,8-9H2,1-2H3,(H3,16,17,19);1H. The molecular weight excluding hydrogens is 395 g/mol. The van der Waals surface area contributed by atoms with Gasteiger partial charge in [0.1, 0.15) is 0 Å². The highest BCUT2D eigenvalue weighted by atomic mass is 127. The van der Waals surface area contributed by atoms with Gasteiger partial charge in [-0.05, 0) is 25.5 Å². The van der Waals surface area contributed by atoms with Crippen LogP contribution in [-0.2, 0) is 12.8 Å². The fourth-order valence-electron chi connectivity index (χ4n) is 1.74. The monoisotopic (exact) mass is 416 g/mol. The van der Waals surface area contributed by atoms with E-state index < -0.39 is 0 Å². The van der Waals surface area contributed by atoms with Gasteiger partial charge in [-0.1, -0.05) is 24.6 Å². The smallest absolute Gasteiger partial charge is 0.193 e. The second-order valence-electron chi connectivity index (χ2n) is 4.59. The van der Waals surface area contributed by atoms with E-state index in [1.54, 1.807) is 11.3 Å². The minimum atomic E-state index is 0. The third kappa shape index (κ3) is 6.01. The quantitative estimate of drug-likeness (QED) is 0.445. The van der Waals surface area contributed by atoms with E-state index in [0.717, 1.165) is 24.2 Å². The molecule has 21 heavy (non-hydrogen) atoms. The number of nitrogens with one attached hydrogen (secondary N) is 1. The number of rotatable bonds is 5. The molecule has 0 atom stereocenters. The van der Waals surface area contributed by atoms with Crippen LogP contribution in [0.3, 0.4) is 0 Å². The van der Waals surface area contributed by atoms with E-state index >= 15 is 0 Å². The molecule has 6 heteroatoms. The fourth-order valence-corrected chi connectivity index (χ4v) is 2.52. The zero-order valence-electron chi connectivity index (χ0n) is 12.3. The molecule has 0 unspecified atom stereocenters. The molecular formula is C15H21IN4S. The van der Waals surface area contributed by atoms with Crippen LogP contribution in [-0.4, -0.2) is 17.5 Å². The van der Waals surface area contributed by atoms with Gasteiger partial charge in [0.25, 0.3) is 0 Å². The largest absolute Gasteiger partial charge is 0.370 e. The van der Waals surface area contributed by atoms with Crippen molar-refractivity contribution in [3.05, 3.63) is 45.9 Å². The Morgan fingerprint density at radius 2 is 2.05 bits per heavy atom. The molecule has 3 N–H and O–H groups in total. The Labute approximate surface area is 146 Å². The number of aromatic nitrogens is 1. The second kappa shape index (κ2) is 8.99. The third-order valence-electron chi connectivity index (χ3n) is 2.88. The van der Waals surface area contributed by atoms with Crippen LogP contribution >= 0.6 is 35.3 Å². The first-order chi connectivity index (χ1) is 9.67. The van der Waals surface area contributed by atoms with Crippen LogP contribution in [0.5, 0.6) is 0 Å². The molecule has 0 aliphatic carbocycles. The number of aliphatic imine (C=N–C) groups is 1. The topological polar surface area (TPSA) is 63.3 Å². The predicted molar refractivity (Wildman–Crippen MR) is 102 cm³/mol. The van der Waals surface area contributed by atoms with Crippen molar-refractivity contribution < 1.29 is 0 Å². The lowest BCUT2D eigenvalue weighted by Gasteiger charge is -2.05. The van der Waals surface area contributed by atoms with Crippen LogP contribution in [0.2, 0.25) is 0 Å². The molecule has 114 valence electrons. The Morgan fingerprint density at radius 1 is 1.33 bits per heavy atom. The Kier molecular flexibility index (Phi) is 7.66. The van der Waals surface area contributed by atoms with Crippen molar-refractivity contribution >= 4 is 47.0 Å². The molecule has 2 aromatic rings. The lowest BCUT2D eigenvalue weighted by Crippen LogP contribution is -2.23. The third-order valence-corrected chi connectivity index (χ3v) is 3.92. The maximum atomic E-state index is 5.86. The summed E-state index contributed by atoms with van der Waals surface area (Å²) in [6.45, 7) is 4.82. The molecule has 0 spiro atoms. The summed E-state index contributed by atoms with van der Waals surface area (Å²) < 4.78 is 0. The van der Waals surface area contributed by atoms with Crippen molar-refractivity contribution in [2.24, 2.45) is 10.7 Å². The van der Waals surface area contributed by atoms with Crippen LogP contribution in [0.15, 0.2) is 34.6 Å². The number of benzene rings is 1. The first-order valence-corrected chi connectivity index (χ1v) is 7.62. The minimum absolute atomic E-state index is 0. The number of nitrogens with zero attached hydrogens (tertiary/aromatic N) is 2. The fraction of sp³-hybridized carbons (Fsp3) is 0.333. The SMILES string of the molecule is CCc1nc(CCN=C(N)Nc2ccc(C)cc2)cs1.I. The van der Waals surface area contributed by atoms with Crippen molar-refractivity contribution in [3.8, 4) is 0 Å². The molecule has 1 heterocycles. The Balaban J connectivity index is 0.00000220. The normalized spacial score (nSPS) is 11.0. The minimum Gasteiger partial charge on any atom is -0.370 e. The van der Waals surface area contributed by atoms with Crippen molar-refractivity contribution in [1.82, 2.24) is 4.98 Å². The molecule has 2 rings (SSSR count). The molecule has 0 fully saturated rings. The zero-order chi connectivity index (χ0) is 14.4. The molecule has 0 saturated heterocycles. The van der Waals surface area contributed by atoms with Crippen LogP contribution in [0.1, 0.15) is 23.2 Å². The number of anilines is 1. The van der Waals surface area contributed by atoms with E-state index in [0.29, 0.717) is 12.5 Å². The van der Waals surface area contributed by atoms with Crippen molar-refractivity contribution in [2.75, 3.05) is 11.9 Å². The van der Waals surface area contributed by atoms with Gasteiger partial charge in [0, 0.05) is 24.0 Å². The summed E-state index contributed by atoms with van der Waals surface area (Å²) in [5.41, 5.74) is 9.14. The van der Waals surface area contributed by atoms with E-state index in [1.807, 2.05) is 24.3 Å². The maximum absolute atomic E-state index is 5.86. The molecule has 0 aliphatic rings. The van der Waals surface area contributed by atoms with E-state index in [4.69, 9.17) is 5.73 Å². The lowest BCUT2D eigenvalue weighted by molar-refractivity contribution is 0.916.